The van der Waals surface area contributed by atoms with Gasteiger partial charge in [-0.15, -0.1) is 0 Å². The molecule has 1 aromatic carbocycles. The molecule has 1 saturated heterocycles. The standard InChI is InChI=1S/C16H16FN3O3/c17-9-4-11(13-12(5-9)18-7-19-13)15(21)20-6-8-2-1-3-10(8)14(20)16(22)23/h4-5,7-8,10,14H,1-3,6H2,(H,18,19)(H,22,23). The van der Waals surface area contributed by atoms with E-state index in [9.17, 15) is 19.1 Å². The number of halogens is 1. The smallest absolute Gasteiger partial charge is 0.326 e. The SMILES string of the molecule is O=C(O)C1C2CCCC2CN1C(=O)c1cc(F)cc2[nH]cnc12. The van der Waals surface area contributed by atoms with E-state index >= 15 is 0 Å². The van der Waals surface area contributed by atoms with Crippen molar-refractivity contribution < 1.29 is 19.1 Å². The van der Waals surface area contributed by atoms with Crippen molar-refractivity contribution in [3.8, 4) is 0 Å². The molecular weight excluding hydrogens is 301 g/mol. The number of likely N-dealkylation sites (tertiary alicyclic amines) is 1. The topological polar surface area (TPSA) is 86.3 Å². The number of nitrogens with one attached hydrogen (secondary N) is 1. The predicted molar refractivity (Wildman–Crippen MR) is 79.3 cm³/mol. The Morgan fingerprint density at radius 1 is 1.35 bits per heavy atom. The first-order chi connectivity index (χ1) is 11.1. The molecule has 0 bridgehead atoms. The van der Waals surface area contributed by atoms with Gasteiger partial charge in [0.05, 0.1) is 17.4 Å². The molecule has 3 unspecified atom stereocenters. The number of hydrogen-bond acceptors (Lipinski definition) is 3. The third-order valence-electron chi connectivity index (χ3n) is 5.12. The number of aromatic amines is 1. The Morgan fingerprint density at radius 3 is 2.96 bits per heavy atom. The van der Waals surface area contributed by atoms with Crippen LogP contribution in [-0.4, -0.2) is 44.4 Å². The fourth-order valence-electron chi connectivity index (χ4n) is 4.16. The van der Waals surface area contributed by atoms with E-state index in [0.29, 0.717) is 17.6 Å². The number of carbonyl (C=O) groups excluding carboxylic acids is 1. The molecule has 2 aromatic rings. The number of carbonyl (C=O) groups is 2. The van der Waals surface area contributed by atoms with E-state index in [1.807, 2.05) is 0 Å². The van der Waals surface area contributed by atoms with Crippen LogP contribution in [0.3, 0.4) is 0 Å². The highest BCUT2D eigenvalue weighted by Gasteiger charge is 2.49. The van der Waals surface area contributed by atoms with Crippen molar-refractivity contribution in [3.63, 3.8) is 0 Å². The van der Waals surface area contributed by atoms with Crippen molar-refractivity contribution in [2.75, 3.05) is 6.54 Å². The number of imidazole rings is 1. The lowest BCUT2D eigenvalue weighted by molar-refractivity contribution is -0.142. The molecule has 23 heavy (non-hydrogen) atoms. The van der Waals surface area contributed by atoms with Gasteiger partial charge in [-0.25, -0.2) is 14.2 Å². The number of hydrogen-bond donors (Lipinski definition) is 2. The summed E-state index contributed by atoms with van der Waals surface area (Å²) in [6, 6.07) is 1.58. The average molecular weight is 317 g/mol. The summed E-state index contributed by atoms with van der Waals surface area (Å²) >= 11 is 0. The second-order valence-corrected chi connectivity index (χ2v) is 6.35. The Hall–Kier alpha value is -2.44. The van der Waals surface area contributed by atoms with Gasteiger partial charge in [-0.1, -0.05) is 6.42 Å². The van der Waals surface area contributed by atoms with Gasteiger partial charge in [0.15, 0.2) is 0 Å². The molecule has 0 radical (unpaired) electrons. The number of nitrogens with zero attached hydrogens (tertiary/aromatic N) is 2. The second-order valence-electron chi connectivity index (χ2n) is 6.35. The Morgan fingerprint density at radius 2 is 2.17 bits per heavy atom. The van der Waals surface area contributed by atoms with Crippen LogP contribution in [0.5, 0.6) is 0 Å². The van der Waals surface area contributed by atoms with Crippen LogP contribution in [0.1, 0.15) is 29.6 Å². The van der Waals surface area contributed by atoms with Crippen LogP contribution in [0.15, 0.2) is 18.5 Å². The summed E-state index contributed by atoms with van der Waals surface area (Å²) in [5, 5.41) is 9.56. The fourth-order valence-corrected chi connectivity index (χ4v) is 4.16. The molecule has 2 aliphatic rings. The quantitative estimate of drug-likeness (QED) is 0.887. The number of aliphatic carboxylic acids is 1. The van der Waals surface area contributed by atoms with Crippen LogP contribution in [0.25, 0.3) is 11.0 Å². The molecule has 2 N–H and O–H groups in total. The van der Waals surface area contributed by atoms with Gasteiger partial charge >= 0.3 is 5.97 Å². The summed E-state index contributed by atoms with van der Waals surface area (Å²) in [6.07, 6.45) is 4.17. The number of H-pyrrole nitrogens is 1. The molecule has 0 spiro atoms. The molecule has 1 saturated carbocycles. The van der Waals surface area contributed by atoms with Gasteiger partial charge in [0.2, 0.25) is 0 Å². The van der Waals surface area contributed by atoms with Crippen molar-refractivity contribution in [1.29, 1.82) is 0 Å². The van der Waals surface area contributed by atoms with E-state index in [4.69, 9.17) is 0 Å². The zero-order chi connectivity index (χ0) is 16.1. The molecule has 1 amide bonds. The summed E-state index contributed by atoms with van der Waals surface area (Å²) in [7, 11) is 0. The average Bonchev–Trinajstić information content (AvgIpc) is 3.18. The Balaban J connectivity index is 1.75. The maximum absolute atomic E-state index is 13.8. The minimum atomic E-state index is -0.984. The number of carboxylic acids is 1. The second kappa shape index (κ2) is 5.04. The lowest BCUT2D eigenvalue weighted by Crippen LogP contribution is -2.43. The lowest BCUT2D eigenvalue weighted by Gasteiger charge is -2.24. The number of benzene rings is 1. The Labute approximate surface area is 131 Å². The minimum Gasteiger partial charge on any atom is -0.480 e. The highest BCUT2D eigenvalue weighted by Crippen LogP contribution is 2.43. The maximum Gasteiger partial charge on any atom is 0.326 e. The lowest BCUT2D eigenvalue weighted by atomic mass is 9.94. The van der Waals surface area contributed by atoms with Crippen LogP contribution in [-0.2, 0) is 4.79 Å². The summed E-state index contributed by atoms with van der Waals surface area (Å²) in [5.74, 6) is -1.76. The molecule has 2 fully saturated rings. The van der Waals surface area contributed by atoms with Gasteiger partial charge in [-0.3, -0.25) is 4.79 Å². The molecule has 4 rings (SSSR count). The number of rotatable bonds is 2. The summed E-state index contributed by atoms with van der Waals surface area (Å²) < 4.78 is 13.8. The molecule has 6 nitrogen and oxygen atoms in total. The Bertz CT molecular complexity index is 803. The van der Waals surface area contributed by atoms with Crippen molar-refractivity contribution >= 4 is 22.9 Å². The molecule has 120 valence electrons. The van der Waals surface area contributed by atoms with Crippen LogP contribution < -0.4 is 0 Å². The molecule has 7 heteroatoms. The fraction of sp³-hybridized carbons (Fsp3) is 0.438. The van der Waals surface area contributed by atoms with Crippen molar-refractivity contribution in [2.24, 2.45) is 11.8 Å². The Kier molecular flexibility index (Phi) is 3.11. The first kappa shape index (κ1) is 14.2. The van der Waals surface area contributed by atoms with E-state index in [2.05, 4.69) is 9.97 Å². The number of amides is 1. The zero-order valence-corrected chi connectivity index (χ0v) is 12.3. The van der Waals surface area contributed by atoms with Gasteiger partial charge in [0, 0.05) is 6.54 Å². The van der Waals surface area contributed by atoms with Gasteiger partial charge in [0.1, 0.15) is 17.4 Å². The summed E-state index contributed by atoms with van der Waals surface area (Å²) in [4.78, 5) is 32.8. The van der Waals surface area contributed by atoms with Gasteiger partial charge in [0.25, 0.3) is 5.91 Å². The van der Waals surface area contributed by atoms with Crippen molar-refractivity contribution in [1.82, 2.24) is 14.9 Å². The van der Waals surface area contributed by atoms with Crippen LogP contribution in [0, 0.1) is 17.7 Å². The largest absolute Gasteiger partial charge is 0.480 e. The van der Waals surface area contributed by atoms with Gasteiger partial charge in [-0.05, 0) is 36.8 Å². The molecule has 1 aromatic heterocycles. The van der Waals surface area contributed by atoms with E-state index in [1.165, 1.54) is 17.3 Å². The zero-order valence-electron chi connectivity index (χ0n) is 12.3. The van der Waals surface area contributed by atoms with Gasteiger partial charge < -0.3 is 15.0 Å². The number of aromatic nitrogens is 2. The molecular formula is C16H16FN3O3. The highest BCUT2D eigenvalue weighted by atomic mass is 19.1. The molecule has 1 aliphatic carbocycles. The van der Waals surface area contributed by atoms with Crippen LogP contribution in [0.2, 0.25) is 0 Å². The maximum atomic E-state index is 13.8. The van der Waals surface area contributed by atoms with E-state index in [0.717, 1.165) is 25.3 Å². The summed E-state index contributed by atoms with van der Waals surface area (Å²) in [6.45, 7) is 0.420. The van der Waals surface area contributed by atoms with Crippen LogP contribution in [0.4, 0.5) is 4.39 Å². The highest BCUT2D eigenvalue weighted by molar-refractivity contribution is 6.06. The van der Waals surface area contributed by atoms with E-state index in [-0.39, 0.29) is 17.4 Å². The first-order valence-corrected chi connectivity index (χ1v) is 7.72. The number of carboxylic acid groups (broad SMARTS) is 1. The third-order valence-corrected chi connectivity index (χ3v) is 5.12. The molecule has 2 heterocycles. The normalized spacial score (nSPS) is 26.7. The molecule has 1 aliphatic heterocycles. The predicted octanol–water partition coefficient (Wildman–Crippen LogP) is 2.03. The minimum absolute atomic E-state index is 0.000293. The van der Waals surface area contributed by atoms with Crippen LogP contribution >= 0.6 is 0 Å². The molecule has 3 atom stereocenters. The van der Waals surface area contributed by atoms with E-state index in [1.54, 1.807) is 0 Å². The summed E-state index contributed by atoms with van der Waals surface area (Å²) in [5.41, 5.74) is 0.921. The van der Waals surface area contributed by atoms with E-state index < -0.39 is 23.7 Å². The van der Waals surface area contributed by atoms with Crippen molar-refractivity contribution in [2.45, 2.75) is 25.3 Å². The third kappa shape index (κ3) is 2.10. The monoisotopic (exact) mass is 317 g/mol. The van der Waals surface area contributed by atoms with Gasteiger partial charge in [-0.2, -0.15) is 0 Å². The number of fused-ring (bicyclic) bond motifs is 2. The van der Waals surface area contributed by atoms with Crippen molar-refractivity contribution in [3.05, 3.63) is 29.8 Å². The first-order valence-electron chi connectivity index (χ1n) is 7.72.